The average Bonchev–Trinajstić information content (AvgIpc) is 2.66. The van der Waals surface area contributed by atoms with E-state index in [2.05, 4.69) is 0 Å². The molecule has 0 saturated carbocycles. The van der Waals surface area contributed by atoms with Gasteiger partial charge in [-0.2, -0.15) is 0 Å². The lowest BCUT2D eigenvalue weighted by Gasteiger charge is -2.13. The molecule has 2 aromatic carbocycles. The predicted molar refractivity (Wildman–Crippen MR) is 96.5 cm³/mol. The fourth-order valence-corrected chi connectivity index (χ4v) is 2.30. The van der Waals surface area contributed by atoms with Gasteiger partial charge < -0.3 is 24.8 Å². The second-order valence-corrected chi connectivity index (χ2v) is 5.55. The number of hydrogen-bond acceptors (Lipinski definition) is 5. The summed E-state index contributed by atoms with van der Waals surface area (Å²) in [6.45, 7) is 1.96. The van der Waals surface area contributed by atoms with Crippen LogP contribution >= 0.6 is 0 Å². The highest BCUT2D eigenvalue weighted by Gasteiger charge is 2.10. The van der Waals surface area contributed by atoms with Crippen molar-refractivity contribution in [2.24, 2.45) is 0 Å². The molecular formula is C20H22O6. The Balaban J connectivity index is 1.98. The van der Waals surface area contributed by atoms with Crippen LogP contribution in [0.1, 0.15) is 29.7 Å². The van der Waals surface area contributed by atoms with Crippen molar-refractivity contribution in [1.82, 2.24) is 0 Å². The Morgan fingerprint density at radius 3 is 2.54 bits per heavy atom. The Morgan fingerprint density at radius 2 is 1.92 bits per heavy atom. The molecule has 0 radical (unpaired) electrons. The molecule has 3 N–H and O–H groups in total. The zero-order chi connectivity index (χ0) is 18.9. The maximum Gasteiger partial charge on any atom is 0.371 e. The SMILES string of the molecule is CCO/C(=C\c1ccc(OC[C@H](O)c2cccc(CO)c2)cc1)C(=O)O. The van der Waals surface area contributed by atoms with Crippen LogP contribution in [0.4, 0.5) is 0 Å². The molecule has 0 bridgehead atoms. The minimum absolute atomic E-state index is 0.0589. The van der Waals surface area contributed by atoms with Gasteiger partial charge in [0.2, 0.25) is 5.76 Å². The van der Waals surface area contributed by atoms with Crippen LogP contribution in [0.3, 0.4) is 0 Å². The van der Waals surface area contributed by atoms with Gasteiger partial charge in [0.25, 0.3) is 0 Å². The van der Waals surface area contributed by atoms with E-state index >= 15 is 0 Å². The molecule has 6 nitrogen and oxygen atoms in total. The summed E-state index contributed by atoms with van der Waals surface area (Å²) in [4.78, 5) is 11.1. The number of carboxylic acid groups (broad SMARTS) is 1. The molecule has 0 aliphatic carbocycles. The summed E-state index contributed by atoms with van der Waals surface area (Å²) in [5.41, 5.74) is 2.06. The van der Waals surface area contributed by atoms with Crippen LogP contribution in [-0.2, 0) is 16.1 Å². The molecule has 0 saturated heterocycles. The van der Waals surface area contributed by atoms with Gasteiger partial charge in [-0.3, -0.25) is 0 Å². The minimum atomic E-state index is -1.12. The Bertz CT molecular complexity index is 751. The molecule has 26 heavy (non-hydrogen) atoms. The van der Waals surface area contributed by atoms with Crippen LogP contribution < -0.4 is 4.74 Å². The van der Waals surface area contributed by atoms with E-state index in [9.17, 15) is 9.90 Å². The number of carboxylic acids is 1. The molecule has 1 atom stereocenters. The van der Waals surface area contributed by atoms with E-state index in [0.717, 1.165) is 5.56 Å². The predicted octanol–water partition coefficient (Wildman–Crippen LogP) is 2.75. The second-order valence-electron chi connectivity index (χ2n) is 5.55. The number of hydrogen-bond donors (Lipinski definition) is 3. The lowest BCUT2D eigenvalue weighted by Crippen LogP contribution is -2.10. The Kier molecular flexibility index (Phi) is 7.20. The summed E-state index contributed by atoms with van der Waals surface area (Å²) in [5, 5.41) is 28.4. The Hall–Kier alpha value is -2.83. The molecule has 0 fully saturated rings. The number of carbonyl (C=O) groups is 1. The first-order chi connectivity index (χ1) is 12.5. The summed E-state index contributed by atoms with van der Waals surface area (Å²) in [6.07, 6.45) is 0.614. The summed E-state index contributed by atoms with van der Waals surface area (Å²) >= 11 is 0. The van der Waals surface area contributed by atoms with Crippen molar-refractivity contribution >= 4 is 12.0 Å². The topological polar surface area (TPSA) is 96.2 Å². The van der Waals surface area contributed by atoms with Gasteiger partial charge in [-0.25, -0.2) is 4.79 Å². The first-order valence-electron chi connectivity index (χ1n) is 8.22. The largest absolute Gasteiger partial charge is 0.491 e. The molecule has 138 valence electrons. The molecule has 0 aliphatic heterocycles. The van der Waals surface area contributed by atoms with Crippen LogP contribution in [0.2, 0.25) is 0 Å². The van der Waals surface area contributed by atoms with Crippen LogP contribution in [-0.4, -0.2) is 34.5 Å². The van der Waals surface area contributed by atoms with Gasteiger partial charge in [0.15, 0.2) is 0 Å². The third-order valence-corrected chi connectivity index (χ3v) is 3.61. The van der Waals surface area contributed by atoms with Gasteiger partial charge >= 0.3 is 5.97 Å². The van der Waals surface area contributed by atoms with Crippen molar-refractivity contribution < 1.29 is 29.6 Å². The fourth-order valence-electron chi connectivity index (χ4n) is 2.30. The van der Waals surface area contributed by atoms with E-state index in [1.165, 1.54) is 6.08 Å². The lowest BCUT2D eigenvalue weighted by atomic mass is 10.1. The molecule has 2 aromatic rings. The van der Waals surface area contributed by atoms with Crippen molar-refractivity contribution in [1.29, 1.82) is 0 Å². The van der Waals surface area contributed by atoms with Crippen LogP contribution in [0.15, 0.2) is 54.3 Å². The van der Waals surface area contributed by atoms with E-state index in [1.54, 1.807) is 55.5 Å². The highest BCUT2D eigenvalue weighted by Crippen LogP contribution is 2.19. The molecule has 0 aliphatic rings. The summed E-state index contributed by atoms with van der Waals surface area (Å²) < 4.78 is 10.6. The van der Waals surface area contributed by atoms with E-state index in [-0.39, 0.29) is 25.6 Å². The standard InChI is InChI=1S/C20H22O6/c1-2-25-19(20(23)24)11-14-6-8-17(9-7-14)26-13-18(22)16-5-3-4-15(10-16)12-21/h3-11,18,21-22H,2,12-13H2,1H3,(H,23,24)/b19-11-/t18-/m0/s1. The molecule has 0 unspecified atom stereocenters. The molecule has 0 heterocycles. The van der Waals surface area contributed by atoms with Gasteiger partial charge in [-0.05, 0) is 41.8 Å². The smallest absolute Gasteiger partial charge is 0.371 e. The average molecular weight is 358 g/mol. The number of benzene rings is 2. The Labute approximate surface area is 151 Å². The number of rotatable bonds is 9. The van der Waals surface area contributed by atoms with Crippen LogP contribution in [0.5, 0.6) is 5.75 Å². The minimum Gasteiger partial charge on any atom is -0.491 e. The Morgan fingerprint density at radius 1 is 1.19 bits per heavy atom. The third kappa shape index (κ3) is 5.61. The van der Waals surface area contributed by atoms with Crippen molar-refractivity contribution in [3.8, 4) is 5.75 Å². The van der Waals surface area contributed by atoms with E-state index < -0.39 is 12.1 Å². The highest BCUT2D eigenvalue weighted by atomic mass is 16.5. The number of ether oxygens (including phenoxy) is 2. The summed E-state index contributed by atoms with van der Waals surface area (Å²) in [5.74, 6) is -0.700. The monoisotopic (exact) mass is 358 g/mol. The maximum atomic E-state index is 11.1. The molecule has 2 rings (SSSR count). The van der Waals surface area contributed by atoms with Gasteiger partial charge in [-0.1, -0.05) is 36.4 Å². The van der Waals surface area contributed by atoms with Crippen molar-refractivity contribution in [3.05, 3.63) is 71.0 Å². The normalized spacial score (nSPS) is 12.5. The van der Waals surface area contributed by atoms with Gasteiger partial charge in [0.1, 0.15) is 18.5 Å². The van der Waals surface area contributed by atoms with Gasteiger partial charge in [0, 0.05) is 0 Å². The van der Waals surface area contributed by atoms with Crippen molar-refractivity contribution in [2.75, 3.05) is 13.2 Å². The zero-order valence-corrected chi connectivity index (χ0v) is 14.5. The van der Waals surface area contributed by atoms with Gasteiger partial charge in [0.05, 0.1) is 13.2 Å². The van der Waals surface area contributed by atoms with E-state index in [1.807, 2.05) is 0 Å². The highest BCUT2D eigenvalue weighted by molar-refractivity contribution is 5.89. The van der Waals surface area contributed by atoms with Crippen LogP contribution in [0, 0.1) is 0 Å². The second kappa shape index (κ2) is 9.60. The summed E-state index contributed by atoms with van der Waals surface area (Å²) in [6, 6.07) is 13.8. The number of aliphatic hydroxyl groups excluding tert-OH is 2. The quantitative estimate of drug-likeness (QED) is 0.471. The molecule has 0 spiro atoms. The molecule has 0 amide bonds. The number of aliphatic hydroxyl groups is 2. The summed E-state index contributed by atoms with van der Waals surface area (Å²) in [7, 11) is 0. The zero-order valence-electron chi connectivity index (χ0n) is 14.5. The van der Waals surface area contributed by atoms with Gasteiger partial charge in [-0.15, -0.1) is 0 Å². The molecule has 6 heteroatoms. The maximum absolute atomic E-state index is 11.1. The van der Waals surface area contributed by atoms with Crippen molar-refractivity contribution in [2.45, 2.75) is 19.6 Å². The van der Waals surface area contributed by atoms with E-state index in [4.69, 9.17) is 19.7 Å². The lowest BCUT2D eigenvalue weighted by molar-refractivity contribution is -0.136. The molecule has 0 aromatic heterocycles. The van der Waals surface area contributed by atoms with Crippen molar-refractivity contribution in [3.63, 3.8) is 0 Å². The fraction of sp³-hybridized carbons (Fsp3) is 0.250. The first kappa shape index (κ1) is 19.5. The first-order valence-corrected chi connectivity index (χ1v) is 8.22. The van der Waals surface area contributed by atoms with Crippen LogP contribution in [0.25, 0.3) is 6.08 Å². The van der Waals surface area contributed by atoms with E-state index in [0.29, 0.717) is 16.9 Å². The molecular weight excluding hydrogens is 336 g/mol. The third-order valence-electron chi connectivity index (χ3n) is 3.61. The number of aliphatic carboxylic acids is 1.